The van der Waals surface area contributed by atoms with Gasteiger partial charge in [0.2, 0.25) is 0 Å². The third kappa shape index (κ3) is 4.14. The fourth-order valence-electron chi connectivity index (χ4n) is 2.63. The minimum Gasteiger partial charge on any atom is -0.355 e. The van der Waals surface area contributed by atoms with E-state index in [1.165, 1.54) is 7.05 Å². The summed E-state index contributed by atoms with van der Waals surface area (Å²) in [7, 11) is 1.50. The van der Waals surface area contributed by atoms with E-state index in [4.69, 9.17) is 0 Å². The molecule has 3 rings (SSSR count). The SMILES string of the molecule is CN=C(NCCN1C(=O)c2ccccc2C1=O)NCc1nc(C(F)(F)F)cs1. The summed E-state index contributed by atoms with van der Waals surface area (Å²) in [6.45, 7) is 0.423. The molecule has 0 bridgehead atoms. The van der Waals surface area contributed by atoms with Crippen LogP contribution < -0.4 is 10.6 Å². The second-order valence-corrected chi connectivity index (χ2v) is 6.73. The second-order valence-electron chi connectivity index (χ2n) is 5.78. The normalized spacial score (nSPS) is 14.4. The molecule has 2 amide bonds. The standard InChI is InChI=1S/C17H16F3N5O2S/c1-21-16(23-8-13-24-12(9-28-13)17(18,19)20)22-6-7-25-14(26)10-4-2-3-5-11(10)15(25)27/h2-5,9H,6-8H2,1H3,(H2,21,22,23). The van der Waals surface area contributed by atoms with Gasteiger partial charge in [-0.1, -0.05) is 12.1 Å². The third-order valence-electron chi connectivity index (χ3n) is 3.98. The van der Waals surface area contributed by atoms with Crippen LogP contribution in [0.1, 0.15) is 31.4 Å². The molecule has 0 unspecified atom stereocenters. The van der Waals surface area contributed by atoms with E-state index in [9.17, 15) is 22.8 Å². The summed E-state index contributed by atoms with van der Waals surface area (Å²) in [6.07, 6.45) is -4.47. The van der Waals surface area contributed by atoms with Crippen LogP contribution in [0.5, 0.6) is 0 Å². The van der Waals surface area contributed by atoms with E-state index in [0.717, 1.165) is 21.6 Å². The number of fused-ring (bicyclic) bond motifs is 1. The number of carbonyl (C=O) groups is 2. The van der Waals surface area contributed by atoms with Crippen molar-refractivity contribution in [1.82, 2.24) is 20.5 Å². The van der Waals surface area contributed by atoms with Crippen molar-refractivity contribution in [2.45, 2.75) is 12.7 Å². The minimum absolute atomic E-state index is 0.0629. The van der Waals surface area contributed by atoms with Crippen molar-refractivity contribution in [3.8, 4) is 0 Å². The van der Waals surface area contributed by atoms with Crippen molar-refractivity contribution < 1.29 is 22.8 Å². The van der Waals surface area contributed by atoms with Gasteiger partial charge in [0.05, 0.1) is 17.7 Å². The number of benzene rings is 1. The van der Waals surface area contributed by atoms with Crippen molar-refractivity contribution in [2.75, 3.05) is 20.1 Å². The van der Waals surface area contributed by atoms with Crippen molar-refractivity contribution in [3.63, 3.8) is 0 Å². The lowest BCUT2D eigenvalue weighted by Gasteiger charge is -2.16. The number of imide groups is 1. The number of thiazole rings is 1. The van der Waals surface area contributed by atoms with Crippen molar-refractivity contribution in [3.05, 3.63) is 51.5 Å². The number of hydrogen-bond acceptors (Lipinski definition) is 5. The first-order valence-corrected chi connectivity index (χ1v) is 9.10. The highest BCUT2D eigenvalue weighted by molar-refractivity contribution is 7.09. The van der Waals surface area contributed by atoms with Crippen molar-refractivity contribution in [1.29, 1.82) is 0 Å². The Morgan fingerprint density at radius 2 is 1.82 bits per heavy atom. The summed E-state index contributed by atoms with van der Waals surface area (Å²) >= 11 is 0.893. The topological polar surface area (TPSA) is 86.7 Å². The van der Waals surface area contributed by atoms with Crippen LogP contribution in [0.2, 0.25) is 0 Å². The maximum absolute atomic E-state index is 12.6. The van der Waals surface area contributed by atoms with Gasteiger partial charge in [-0.25, -0.2) is 4.98 Å². The van der Waals surface area contributed by atoms with Gasteiger partial charge in [-0.2, -0.15) is 13.2 Å². The predicted octanol–water partition coefficient (Wildman–Crippen LogP) is 2.12. The van der Waals surface area contributed by atoms with Crippen molar-refractivity contribution >= 4 is 29.1 Å². The largest absolute Gasteiger partial charge is 0.434 e. The Hall–Kier alpha value is -2.95. The van der Waals surface area contributed by atoms with Gasteiger partial charge < -0.3 is 10.6 Å². The Bertz CT molecular complexity index is 891. The summed E-state index contributed by atoms with van der Waals surface area (Å²) < 4.78 is 37.7. The Morgan fingerprint density at radius 1 is 1.18 bits per heavy atom. The molecule has 1 aromatic carbocycles. The van der Waals surface area contributed by atoms with Crippen LogP contribution in [0, 0.1) is 0 Å². The Morgan fingerprint density at radius 3 is 2.36 bits per heavy atom. The number of alkyl halides is 3. The molecular formula is C17H16F3N5O2S. The molecule has 0 fully saturated rings. The first kappa shape index (κ1) is 19.8. The third-order valence-corrected chi connectivity index (χ3v) is 4.83. The fraction of sp³-hybridized carbons (Fsp3) is 0.294. The molecule has 0 spiro atoms. The lowest BCUT2D eigenvalue weighted by Crippen LogP contribution is -2.42. The van der Waals surface area contributed by atoms with Gasteiger partial charge in [0.25, 0.3) is 11.8 Å². The predicted molar refractivity (Wildman–Crippen MR) is 97.1 cm³/mol. The van der Waals surface area contributed by atoms with Gasteiger partial charge in [0.15, 0.2) is 11.7 Å². The molecule has 1 aliphatic heterocycles. The number of guanidine groups is 1. The molecule has 0 aliphatic carbocycles. The van der Waals surface area contributed by atoms with Crippen LogP contribution in [-0.4, -0.2) is 47.8 Å². The zero-order valence-corrected chi connectivity index (χ0v) is 15.5. The van der Waals surface area contributed by atoms with Gasteiger partial charge in [0.1, 0.15) is 5.01 Å². The smallest absolute Gasteiger partial charge is 0.355 e. The summed E-state index contributed by atoms with van der Waals surface area (Å²) in [6, 6.07) is 6.60. The average molecular weight is 411 g/mol. The van der Waals surface area contributed by atoms with Gasteiger partial charge in [-0.3, -0.25) is 19.5 Å². The van der Waals surface area contributed by atoms with E-state index in [2.05, 4.69) is 20.6 Å². The number of carbonyl (C=O) groups excluding carboxylic acids is 2. The maximum atomic E-state index is 12.6. The van der Waals surface area contributed by atoms with E-state index < -0.39 is 11.9 Å². The number of aliphatic imine (C=N–C) groups is 1. The highest BCUT2D eigenvalue weighted by Crippen LogP contribution is 2.29. The number of amides is 2. The van der Waals surface area contributed by atoms with Crippen LogP contribution >= 0.6 is 11.3 Å². The molecule has 2 heterocycles. The molecule has 7 nitrogen and oxygen atoms in total. The molecule has 2 aromatic rings. The van der Waals surface area contributed by atoms with Crippen LogP contribution in [0.4, 0.5) is 13.2 Å². The zero-order valence-electron chi connectivity index (χ0n) is 14.7. The molecule has 28 heavy (non-hydrogen) atoms. The molecule has 0 saturated carbocycles. The van der Waals surface area contributed by atoms with Crippen LogP contribution in [0.15, 0.2) is 34.6 Å². The van der Waals surface area contributed by atoms with Gasteiger partial charge in [-0.15, -0.1) is 11.3 Å². The molecule has 0 saturated heterocycles. The van der Waals surface area contributed by atoms with E-state index in [0.29, 0.717) is 17.1 Å². The van der Waals surface area contributed by atoms with E-state index in [1.54, 1.807) is 24.3 Å². The van der Waals surface area contributed by atoms with E-state index in [1.807, 2.05) is 0 Å². The van der Waals surface area contributed by atoms with Gasteiger partial charge in [0, 0.05) is 25.5 Å². The van der Waals surface area contributed by atoms with E-state index in [-0.39, 0.29) is 36.5 Å². The van der Waals surface area contributed by atoms with Crippen LogP contribution in [-0.2, 0) is 12.7 Å². The number of rotatable bonds is 5. The average Bonchev–Trinajstić information content (AvgIpc) is 3.24. The quantitative estimate of drug-likeness (QED) is 0.447. The number of halogens is 3. The van der Waals surface area contributed by atoms with Crippen LogP contribution in [0.25, 0.3) is 0 Å². The minimum atomic E-state index is -4.47. The highest BCUT2D eigenvalue weighted by atomic mass is 32.1. The fourth-order valence-corrected chi connectivity index (χ4v) is 3.37. The lowest BCUT2D eigenvalue weighted by atomic mass is 10.1. The lowest BCUT2D eigenvalue weighted by molar-refractivity contribution is -0.140. The Kier molecular flexibility index (Phi) is 5.63. The Balaban J connectivity index is 1.50. The first-order chi connectivity index (χ1) is 13.3. The molecule has 1 aliphatic rings. The first-order valence-electron chi connectivity index (χ1n) is 8.22. The zero-order chi connectivity index (χ0) is 20.3. The Labute approximate surface area is 162 Å². The molecule has 148 valence electrons. The monoisotopic (exact) mass is 411 g/mol. The molecular weight excluding hydrogens is 395 g/mol. The van der Waals surface area contributed by atoms with Crippen LogP contribution in [0.3, 0.4) is 0 Å². The molecule has 2 N–H and O–H groups in total. The highest BCUT2D eigenvalue weighted by Gasteiger charge is 2.35. The number of nitrogens with one attached hydrogen (secondary N) is 2. The molecule has 0 radical (unpaired) electrons. The summed E-state index contributed by atoms with van der Waals surface area (Å²) in [5, 5.41) is 6.98. The second kappa shape index (κ2) is 7.97. The maximum Gasteiger partial charge on any atom is 0.434 e. The number of aromatic nitrogens is 1. The summed E-state index contributed by atoms with van der Waals surface area (Å²) in [5.74, 6) is -0.388. The van der Waals surface area contributed by atoms with Gasteiger partial charge >= 0.3 is 6.18 Å². The number of nitrogens with zero attached hydrogens (tertiary/aromatic N) is 3. The number of hydrogen-bond donors (Lipinski definition) is 2. The summed E-state index contributed by atoms with van der Waals surface area (Å²) in [4.78, 5) is 33.2. The molecule has 1 aromatic heterocycles. The molecule has 0 atom stereocenters. The van der Waals surface area contributed by atoms with Gasteiger partial charge in [-0.05, 0) is 12.1 Å². The van der Waals surface area contributed by atoms with Crippen molar-refractivity contribution in [2.24, 2.45) is 4.99 Å². The molecule has 11 heteroatoms. The summed E-state index contributed by atoms with van der Waals surface area (Å²) in [5.41, 5.74) is -0.179. The van der Waals surface area contributed by atoms with E-state index >= 15 is 0 Å².